The van der Waals surface area contributed by atoms with Crippen LogP contribution in [-0.2, 0) is 14.4 Å². The van der Waals surface area contributed by atoms with Crippen molar-refractivity contribution in [1.29, 1.82) is 0 Å². The fraction of sp³-hybridized carbons (Fsp3) is 0.500. The molecule has 0 aliphatic rings. The number of hydrogen-bond acceptors (Lipinski definition) is 3. The van der Waals surface area contributed by atoms with Crippen LogP contribution >= 0.6 is 24.0 Å². The molecule has 0 unspecified atom stereocenters. The van der Waals surface area contributed by atoms with Gasteiger partial charge in [-0.2, -0.15) is 0 Å². The normalized spacial score (nSPS) is 5.77. The van der Waals surface area contributed by atoms with E-state index in [1.165, 1.54) is 0 Å². The van der Waals surface area contributed by atoms with Crippen LogP contribution in [0.5, 0.6) is 0 Å². The molecular formula is C6H13IO6. The summed E-state index contributed by atoms with van der Waals surface area (Å²) >= 11 is 0. The Bertz CT molecular complexity index is 115. The molecule has 0 spiro atoms. The molecule has 0 saturated carbocycles. The van der Waals surface area contributed by atoms with E-state index in [2.05, 4.69) is 0 Å². The van der Waals surface area contributed by atoms with E-state index in [1.54, 1.807) is 0 Å². The van der Waals surface area contributed by atoms with Crippen LogP contribution in [0.4, 0.5) is 0 Å². The highest BCUT2D eigenvalue weighted by Crippen LogP contribution is 1.42. The fourth-order valence-corrected chi connectivity index (χ4v) is 0. The van der Waals surface area contributed by atoms with Gasteiger partial charge in [0.15, 0.2) is 0 Å². The molecule has 6 nitrogen and oxygen atoms in total. The van der Waals surface area contributed by atoms with Crippen LogP contribution in [0.3, 0.4) is 0 Å². The lowest BCUT2D eigenvalue weighted by molar-refractivity contribution is -0.135. The van der Waals surface area contributed by atoms with Crippen molar-refractivity contribution in [3.8, 4) is 0 Å². The Hall–Kier alpha value is -0.860. The molecule has 7 heteroatoms. The summed E-state index contributed by atoms with van der Waals surface area (Å²) < 4.78 is 0. The molecule has 0 aromatic carbocycles. The summed E-state index contributed by atoms with van der Waals surface area (Å²) in [5, 5.41) is 22.2. The highest BCUT2D eigenvalue weighted by Gasteiger charge is 1.66. The van der Waals surface area contributed by atoms with Gasteiger partial charge in [-0.3, -0.25) is 14.4 Å². The number of halogens is 1. The standard InChI is InChI=1S/3C2H4O2.HI/c3*1-2(3)4;/h3*1H3,(H,3,4);1H. The van der Waals surface area contributed by atoms with Crippen molar-refractivity contribution < 1.29 is 29.7 Å². The van der Waals surface area contributed by atoms with Gasteiger partial charge in [0.2, 0.25) is 0 Å². The summed E-state index contributed by atoms with van der Waals surface area (Å²) in [7, 11) is 0. The van der Waals surface area contributed by atoms with Crippen molar-refractivity contribution >= 4 is 41.9 Å². The molecule has 0 radical (unpaired) electrons. The smallest absolute Gasteiger partial charge is 0.300 e. The Kier molecular flexibility index (Phi) is 30.2. The van der Waals surface area contributed by atoms with Crippen LogP contribution in [0.15, 0.2) is 0 Å². The molecular weight excluding hydrogens is 295 g/mol. The number of carboxylic acids is 3. The van der Waals surface area contributed by atoms with Crippen LogP contribution in [-0.4, -0.2) is 33.2 Å². The molecule has 0 bridgehead atoms. The minimum atomic E-state index is -0.833. The van der Waals surface area contributed by atoms with Crippen molar-refractivity contribution in [1.82, 2.24) is 0 Å². The third-order valence-electron chi connectivity index (χ3n) is 0. The van der Waals surface area contributed by atoms with Crippen molar-refractivity contribution in [2.75, 3.05) is 0 Å². The maximum absolute atomic E-state index is 9.00. The minimum Gasteiger partial charge on any atom is -0.481 e. The molecule has 0 heterocycles. The average molecular weight is 308 g/mol. The van der Waals surface area contributed by atoms with Gasteiger partial charge in [-0.25, -0.2) is 0 Å². The molecule has 0 rings (SSSR count). The quantitative estimate of drug-likeness (QED) is 0.573. The number of hydrogen-bond donors (Lipinski definition) is 3. The molecule has 0 aromatic rings. The Morgan fingerprint density at radius 2 is 0.692 bits per heavy atom. The highest BCUT2D eigenvalue weighted by atomic mass is 127. The summed E-state index contributed by atoms with van der Waals surface area (Å²) in [6, 6.07) is 0. The lowest BCUT2D eigenvalue weighted by atomic mass is 10.9. The van der Waals surface area contributed by atoms with Crippen LogP contribution in [0.25, 0.3) is 0 Å². The van der Waals surface area contributed by atoms with Gasteiger partial charge in [0.25, 0.3) is 17.9 Å². The van der Waals surface area contributed by atoms with Gasteiger partial charge in [0.1, 0.15) is 0 Å². The van der Waals surface area contributed by atoms with E-state index in [-0.39, 0.29) is 24.0 Å². The summed E-state index contributed by atoms with van der Waals surface area (Å²) in [6.45, 7) is 3.25. The molecule has 13 heavy (non-hydrogen) atoms. The van der Waals surface area contributed by atoms with Crippen molar-refractivity contribution in [3.05, 3.63) is 0 Å². The molecule has 0 aliphatic carbocycles. The predicted molar refractivity (Wildman–Crippen MR) is 55.3 cm³/mol. The second-order valence-electron chi connectivity index (χ2n) is 1.56. The van der Waals surface area contributed by atoms with Crippen LogP contribution in [0.2, 0.25) is 0 Å². The Morgan fingerprint density at radius 3 is 0.692 bits per heavy atom. The topological polar surface area (TPSA) is 112 Å². The maximum Gasteiger partial charge on any atom is 0.300 e. The monoisotopic (exact) mass is 308 g/mol. The third kappa shape index (κ3) is 1260. The SMILES string of the molecule is CC(=O)O.CC(=O)O.CC(=O)O.I. The van der Waals surface area contributed by atoms with Crippen LogP contribution in [0.1, 0.15) is 20.8 Å². The zero-order valence-corrected chi connectivity index (χ0v) is 9.80. The molecule has 0 saturated heterocycles. The third-order valence-corrected chi connectivity index (χ3v) is 0. The largest absolute Gasteiger partial charge is 0.481 e. The van der Waals surface area contributed by atoms with Gasteiger partial charge in [0, 0.05) is 20.8 Å². The molecule has 0 amide bonds. The molecule has 80 valence electrons. The summed E-state index contributed by atoms with van der Waals surface area (Å²) in [5.41, 5.74) is 0. The van der Waals surface area contributed by atoms with Crippen molar-refractivity contribution in [3.63, 3.8) is 0 Å². The van der Waals surface area contributed by atoms with Gasteiger partial charge in [-0.1, -0.05) is 0 Å². The molecule has 0 aromatic heterocycles. The van der Waals surface area contributed by atoms with Crippen LogP contribution in [0, 0.1) is 0 Å². The highest BCUT2D eigenvalue weighted by molar-refractivity contribution is 14.0. The molecule has 3 N–H and O–H groups in total. The van der Waals surface area contributed by atoms with E-state index in [4.69, 9.17) is 29.7 Å². The first-order chi connectivity index (χ1) is 5.20. The van der Waals surface area contributed by atoms with Crippen molar-refractivity contribution in [2.45, 2.75) is 20.8 Å². The van der Waals surface area contributed by atoms with Gasteiger partial charge < -0.3 is 15.3 Å². The van der Waals surface area contributed by atoms with Gasteiger partial charge >= 0.3 is 0 Å². The lowest BCUT2D eigenvalue weighted by Gasteiger charge is -1.59. The lowest BCUT2D eigenvalue weighted by Crippen LogP contribution is -1.78. The van der Waals surface area contributed by atoms with E-state index < -0.39 is 17.9 Å². The number of carbonyl (C=O) groups is 3. The number of aliphatic carboxylic acids is 3. The molecule has 0 aliphatic heterocycles. The first kappa shape index (κ1) is 22.7. The van der Waals surface area contributed by atoms with E-state index in [0.717, 1.165) is 20.8 Å². The van der Waals surface area contributed by atoms with E-state index >= 15 is 0 Å². The second kappa shape index (κ2) is 17.3. The first-order valence-corrected chi connectivity index (χ1v) is 2.78. The minimum absolute atomic E-state index is 0. The zero-order chi connectivity index (χ0) is 10.7. The van der Waals surface area contributed by atoms with Gasteiger partial charge in [-0.15, -0.1) is 24.0 Å². The molecule has 0 atom stereocenters. The first-order valence-electron chi connectivity index (χ1n) is 2.78. The van der Waals surface area contributed by atoms with Gasteiger partial charge in [0.05, 0.1) is 0 Å². The fourth-order valence-electron chi connectivity index (χ4n) is 0. The Balaban J connectivity index is -0.0000000450. The van der Waals surface area contributed by atoms with E-state index in [1.807, 2.05) is 0 Å². The van der Waals surface area contributed by atoms with E-state index in [0.29, 0.717) is 0 Å². The zero-order valence-electron chi connectivity index (χ0n) is 7.47. The number of carboxylic acid groups (broad SMARTS) is 3. The average Bonchev–Trinajstić information content (AvgIpc) is 1.54. The van der Waals surface area contributed by atoms with Crippen molar-refractivity contribution in [2.24, 2.45) is 0 Å². The predicted octanol–water partition coefficient (Wildman–Crippen LogP) is 0.891. The second-order valence-corrected chi connectivity index (χ2v) is 1.56. The van der Waals surface area contributed by atoms with Gasteiger partial charge in [-0.05, 0) is 0 Å². The summed E-state index contributed by atoms with van der Waals surface area (Å²) in [6.07, 6.45) is 0. The summed E-state index contributed by atoms with van der Waals surface area (Å²) in [5.74, 6) is -2.50. The summed E-state index contributed by atoms with van der Waals surface area (Å²) in [4.78, 5) is 27.0. The molecule has 0 fully saturated rings. The Morgan fingerprint density at radius 1 is 0.692 bits per heavy atom. The Labute approximate surface area is 92.6 Å². The van der Waals surface area contributed by atoms with Crippen LogP contribution < -0.4 is 0 Å². The number of rotatable bonds is 0. The van der Waals surface area contributed by atoms with E-state index in [9.17, 15) is 0 Å². The maximum atomic E-state index is 9.00.